The van der Waals surface area contributed by atoms with Crippen LogP contribution < -0.4 is 0 Å². The molecule has 0 aromatic heterocycles. The van der Waals surface area contributed by atoms with E-state index in [0.717, 1.165) is 16.7 Å². The molecular formula is C20H20O3. The van der Waals surface area contributed by atoms with Crippen molar-refractivity contribution in [2.75, 3.05) is 6.61 Å². The number of esters is 1. The van der Waals surface area contributed by atoms with Crippen molar-refractivity contribution in [1.82, 2.24) is 0 Å². The second-order valence-corrected chi connectivity index (χ2v) is 6.64. The number of ketones is 1. The fourth-order valence-corrected chi connectivity index (χ4v) is 4.89. The highest BCUT2D eigenvalue weighted by molar-refractivity contribution is 6.04. The molecule has 0 aliphatic heterocycles. The van der Waals surface area contributed by atoms with E-state index in [1.54, 1.807) is 6.92 Å². The summed E-state index contributed by atoms with van der Waals surface area (Å²) < 4.78 is 5.30. The summed E-state index contributed by atoms with van der Waals surface area (Å²) in [4.78, 5) is 24.6. The lowest BCUT2D eigenvalue weighted by molar-refractivity contribution is -0.139. The van der Waals surface area contributed by atoms with Crippen molar-refractivity contribution >= 4 is 17.3 Å². The zero-order valence-electron chi connectivity index (χ0n) is 13.4. The van der Waals surface area contributed by atoms with E-state index < -0.39 is 0 Å². The SMILES string of the molecule is CCOC(=O)C1=C(c2ccccc2)[C@@H]2[C@H]3C=C[C@H]([C@@H]3C(C)=O)[C@H]12. The molecule has 0 spiro atoms. The number of ether oxygens (including phenoxy) is 1. The first-order valence-electron chi connectivity index (χ1n) is 8.30. The molecule has 3 nitrogen and oxygen atoms in total. The van der Waals surface area contributed by atoms with Gasteiger partial charge in [0, 0.05) is 17.4 Å². The predicted octanol–water partition coefficient (Wildman–Crippen LogP) is 3.27. The lowest BCUT2D eigenvalue weighted by Gasteiger charge is -2.42. The molecule has 0 heterocycles. The fraction of sp³-hybridized carbons (Fsp3) is 0.400. The molecule has 2 bridgehead atoms. The maximum absolute atomic E-state index is 12.5. The minimum Gasteiger partial charge on any atom is -0.463 e. The molecule has 0 saturated heterocycles. The Morgan fingerprint density at radius 3 is 2.30 bits per heavy atom. The quantitative estimate of drug-likeness (QED) is 0.633. The highest BCUT2D eigenvalue weighted by Crippen LogP contribution is 2.66. The zero-order valence-corrected chi connectivity index (χ0v) is 13.4. The number of allylic oxidation sites excluding steroid dienone is 3. The second kappa shape index (κ2) is 5.19. The number of fused-ring (bicyclic) bond motifs is 5. The molecule has 5 atom stereocenters. The van der Waals surface area contributed by atoms with Crippen LogP contribution in [-0.4, -0.2) is 18.4 Å². The molecule has 0 N–H and O–H groups in total. The molecule has 1 fully saturated rings. The van der Waals surface area contributed by atoms with Gasteiger partial charge in [-0.2, -0.15) is 0 Å². The number of benzene rings is 1. The van der Waals surface area contributed by atoms with E-state index in [2.05, 4.69) is 12.2 Å². The Balaban J connectivity index is 1.79. The van der Waals surface area contributed by atoms with Gasteiger partial charge in [0.2, 0.25) is 0 Å². The summed E-state index contributed by atoms with van der Waals surface area (Å²) in [6.07, 6.45) is 4.32. The summed E-state index contributed by atoms with van der Waals surface area (Å²) in [5.41, 5.74) is 2.98. The Bertz CT molecular complexity index is 729. The van der Waals surface area contributed by atoms with Crippen LogP contribution in [0.25, 0.3) is 5.57 Å². The first-order valence-corrected chi connectivity index (χ1v) is 8.30. The van der Waals surface area contributed by atoms with Gasteiger partial charge in [-0.05, 0) is 42.7 Å². The van der Waals surface area contributed by atoms with E-state index in [0.29, 0.717) is 6.61 Å². The average Bonchev–Trinajstić information content (AvgIpc) is 3.01. The van der Waals surface area contributed by atoms with Crippen LogP contribution in [0.1, 0.15) is 19.4 Å². The van der Waals surface area contributed by atoms with Crippen molar-refractivity contribution in [3.05, 3.63) is 53.6 Å². The monoisotopic (exact) mass is 308 g/mol. The van der Waals surface area contributed by atoms with Gasteiger partial charge in [0.1, 0.15) is 5.78 Å². The molecule has 0 radical (unpaired) electrons. The third-order valence-electron chi connectivity index (χ3n) is 5.61. The van der Waals surface area contributed by atoms with Crippen molar-refractivity contribution in [3.63, 3.8) is 0 Å². The Hall–Kier alpha value is -2.16. The number of carbonyl (C=O) groups is 2. The summed E-state index contributed by atoms with van der Waals surface area (Å²) >= 11 is 0. The van der Waals surface area contributed by atoms with Crippen LogP contribution in [0.4, 0.5) is 0 Å². The van der Waals surface area contributed by atoms with Crippen LogP contribution in [0, 0.1) is 29.6 Å². The van der Waals surface area contributed by atoms with Gasteiger partial charge in [0.25, 0.3) is 0 Å². The van der Waals surface area contributed by atoms with Gasteiger partial charge in [0.15, 0.2) is 0 Å². The average molecular weight is 308 g/mol. The van der Waals surface area contributed by atoms with Crippen molar-refractivity contribution in [2.24, 2.45) is 29.6 Å². The largest absolute Gasteiger partial charge is 0.463 e. The van der Waals surface area contributed by atoms with Crippen molar-refractivity contribution < 1.29 is 14.3 Å². The normalized spacial score (nSPS) is 33.4. The maximum Gasteiger partial charge on any atom is 0.334 e. The highest BCUT2D eigenvalue weighted by atomic mass is 16.5. The summed E-state index contributed by atoms with van der Waals surface area (Å²) in [6, 6.07) is 10.0. The summed E-state index contributed by atoms with van der Waals surface area (Å²) in [6.45, 7) is 3.88. The van der Waals surface area contributed by atoms with Crippen molar-refractivity contribution in [3.8, 4) is 0 Å². The van der Waals surface area contributed by atoms with E-state index in [-0.39, 0.29) is 41.3 Å². The molecular weight excluding hydrogens is 288 g/mol. The van der Waals surface area contributed by atoms with Crippen molar-refractivity contribution in [1.29, 1.82) is 0 Å². The molecule has 0 amide bonds. The molecule has 3 aliphatic rings. The molecule has 0 unspecified atom stereocenters. The van der Waals surface area contributed by atoms with Crippen LogP contribution in [0.2, 0.25) is 0 Å². The van der Waals surface area contributed by atoms with Crippen LogP contribution >= 0.6 is 0 Å². The number of rotatable bonds is 4. The first kappa shape index (κ1) is 14.4. The molecule has 3 aliphatic carbocycles. The third kappa shape index (κ3) is 1.89. The van der Waals surface area contributed by atoms with Gasteiger partial charge >= 0.3 is 5.97 Å². The Kier molecular flexibility index (Phi) is 3.26. The van der Waals surface area contributed by atoms with Crippen LogP contribution in [-0.2, 0) is 14.3 Å². The molecule has 1 saturated carbocycles. The molecule has 1 aromatic carbocycles. The number of hydrogen-bond donors (Lipinski definition) is 0. The van der Waals surface area contributed by atoms with Crippen molar-refractivity contribution in [2.45, 2.75) is 13.8 Å². The molecule has 23 heavy (non-hydrogen) atoms. The molecule has 3 heteroatoms. The van der Waals surface area contributed by atoms with Gasteiger partial charge in [-0.3, -0.25) is 4.79 Å². The molecule has 118 valence electrons. The number of Topliss-reactive ketones (excluding diaryl/α,β-unsaturated/α-hetero) is 1. The predicted molar refractivity (Wildman–Crippen MR) is 87.3 cm³/mol. The van der Waals surface area contributed by atoms with Gasteiger partial charge in [-0.1, -0.05) is 42.5 Å². The third-order valence-corrected chi connectivity index (χ3v) is 5.61. The maximum atomic E-state index is 12.5. The molecule has 1 aromatic rings. The van der Waals surface area contributed by atoms with Crippen LogP contribution in [0.3, 0.4) is 0 Å². The Morgan fingerprint density at radius 1 is 1.04 bits per heavy atom. The van der Waals surface area contributed by atoms with Crippen LogP contribution in [0.15, 0.2) is 48.1 Å². The van der Waals surface area contributed by atoms with Gasteiger partial charge in [-0.15, -0.1) is 0 Å². The van der Waals surface area contributed by atoms with E-state index in [1.165, 1.54) is 0 Å². The van der Waals surface area contributed by atoms with E-state index in [9.17, 15) is 9.59 Å². The van der Waals surface area contributed by atoms with Crippen LogP contribution in [0.5, 0.6) is 0 Å². The second-order valence-electron chi connectivity index (χ2n) is 6.64. The minimum atomic E-state index is -0.212. The number of carbonyl (C=O) groups excluding carboxylic acids is 2. The lowest BCUT2D eigenvalue weighted by atomic mass is 9.61. The fourth-order valence-electron chi connectivity index (χ4n) is 4.89. The summed E-state index contributed by atoms with van der Waals surface area (Å²) in [7, 11) is 0. The first-order chi connectivity index (χ1) is 11.1. The van der Waals surface area contributed by atoms with E-state index in [1.807, 2.05) is 37.3 Å². The molecule has 4 rings (SSSR count). The van der Waals surface area contributed by atoms with Gasteiger partial charge in [-0.25, -0.2) is 4.79 Å². The smallest absolute Gasteiger partial charge is 0.334 e. The summed E-state index contributed by atoms with van der Waals surface area (Å²) in [5, 5.41) is 0. The Labute approximate surface area is 136 Å². The number of hydrogen-bond acceptors (Lipinski definition) is 3. The minimum absolute atomic E-state index is 0.0237. The zero-order chi connectivity index (χ0) is 16.1. The standard InChI is InChI=1S/C20H20O3/c1-3-23-20(22)19-16(12-7-5-4-6-8-12)17-13-9-10-14(18(17)19)15(13)11(2)21/h4-10,13-15,17-18H,3H2,1-2H3/t13-,14+,15+,17-,18-/m0/s1. The van der Waals surface area contributed by atoms with E-state index >= 15 is 0 Å². The van der Waals surface area contributed by atoms with Gasteiger partial charge in [0.05, 0.1) is 6.61 Å². The topological polar surface area (TPSA) is 43.4 Å². The van der Waals surface area contributed by atoms with E-state index in [4.69, 9.17) is 4.74 Å². The highest BCUT2D eigenvalue weighted by Gasteiger charge is 2.62. The summed E-state index contributed by atoms with van der Waals surface area (Å²) in [5.74, 6) is 0.862. The van der Waals surface area contributed by atoms with Gasteiger partial charge < -0.3 is 4.74 Å². The lowest BCUT2D eigenvalue weighted by Crippen LogP contribution is -2.37. The Morgan fingerprint density at radius 2 is 1.70 bits per heavy atom.